The largest absolute Gasteiger partial charge is 0.396 e. The quantitative estimate of drug-likeness (QED) is 0.736. The minimum absolute atomic E-state index is 0.237. The van der Waals surface area contributed by atoms with Crippen molar-refractivity contribution in [3.05, 3.63) is 59.2 Å². The molecule has 2 nitrogen and oxygen atoms in total. The van der Waals surface area contributed by atoms with E-state index in [1.54, 1.807) is 0 Å². The van der Waals surface area contributed by atoms with Crippen molar-refractivity contribution in [1.82, 2.24) is 0 Å². The zero-order valence-electron chi connectivity index (χ0n) is 13.5. The van der Waals surface area contributed by atoms with Crippen LogP contribution in [0.1, 0.15) is 48.5 Å². The maximum absolute atomic E-state index is 10.2. The lowest BCUT2D eigenvalue weighted by molar-refractivity contribution is 0.162. The molecule has 0 aromatic heterocycles. The molecule has 0 aliphatic heterocycles. The van der Waals surface area contributed by atoms with Gasteiger partial charge in [-0.3, -0.25) is 0 Å². The Morgan fingerprint density at radius 3 is 2.14 bits per heavy atom. The monoisotopic (exact) mass is 298 g/mol. The second kappa shape index (κ2) is 8.11. The number of aryl methyl sites for hydroxylation is 2. The van der Waals surface area contributed by atoms with Gasteiger partial charge in [0, 0.05) is 6.61 Å². The molecule has 0 aliphatic carbocycles. The van der Waals surface area contributed by atoms with Crippen molar-refractivity contribution >= 4 is 0 Å². The van der Waals surface area contributed by atoms with Crippen LogP contribution in [-0.4, -0.2) is 16.8 Å². The summed E-state index contributed by atoms with van der Waals surface area (Å²) in [5.41, 5.74) is 5.96. The van der Waals surface area contributed by atoms with Crippen LogP contribution in [0.3, 0.4) is 0 Å². The van der Waals surface area contributed by atoms with Crippen molar-refractivity contribution in [2.24, 2.45) is 0 Å². The zero-order chi connectivity index (χ0) is 15.9. The van der Waals surface area contributed by atoms with E-state index in [4.69, 9.17) is 5.11 Å². The number of hydrogen-bond donors (Lipinski definition) is 2. The van der Waals surface area contributed by atoms with Crippen molar-refractivity contribution < 1.29 is 10.2 Å². The number of hydrogen-bond acceptors (Lipinski definition) is 2. The molecule has 0 spiro atoms. The molecular weight excluding hydrogens is 272 g/mol. The summed E-state index contributed by atoms with van der Waals surface area (Å²) < 4.78 is 0. The number of aliphatic hydroxyl groups excluding tert-OH is 2. The SMILES string of the molecule is Cc1ccc(-c2ccc(C(O)CCCCCO)cc2)cc1C. The van der Waals surface area contributed by atoms with Crippen LogP contribution in [0.4, 0.5) is 0 Å². The Morgan fingerprint density at radius 1 is 0.818 bits per heavy atom. The predicted octanol–water partition coefficient (Wildman–Crippen LogP) is 4.56. The Bertz CT molecular complexity index is 587. The molecule has 1 unspecified atom stereocenters. The van der Waals surface area contributed by atoms with Gasteiger partial charge < -0.3 is 10.2 Å². The van der Waals surface area contributed by atoms with E-state index in [0.717, 1.165) is 31.2 Å². The molecule has 0 amide bonds. The Balaban J connectivity index is 2.01. The van der Waals surface area contributed by atoms with E-state index in [-0.39, 0.29) is 6.61 Å². The van der Waals surface area contributed by atoms with Crippen LogP contribution in [0.5, 0.6) is 0 Å². The van der Waals surface area contributed by atoms with Crippen molar-refractivity contribution in [3.8, 4) is 11.1 Å². The van der Waals surface area contributed by atoms with Crippen LogP contribution in [0, 0.1) is 13.8 Å². The van der Waals surface area contributed by atoms with Gasteiger partial charge >= 0.3 is 0 Å². The molecule has 2 aromatic carbocycles. The van der Waals surface area contributed by atoms with E-state index in [9.17, 15) is 5.11 Å². The lowest BCUT2D eigenvalue weighted by Gasteiger charge is -2.12. The lowest BCUT2D eigenvalue weighted by Crippen LogP contribution is -1.97. The van der Waals surface area contributed by atoms with Gasteiger partial charge in [0.15, 0.2) is 0 Å². The highest BCUT2D eigenvalue weighted by Gasteiger charge is 2.08. The minimum atomic E-state index is -0.410. The third-order valence-electron chi connectivity index (χ3n) is 4.27. The van der Waals surface area contributed by atoms with Crippen molar-refractivity contribution in [2.45, 2.75) is 45.6 Å². The van der Waals surface area contributed by atoms with Gasteiger partial charge in [-0.15, -0.1) is 0 Å². The second-order valence-electron chi connectivity index (χ2n) is 6.01. The summed E-state index contributed by atoms with van der Waals surface area (Å²) in [4.78, 5) is 0. The molecule has 0 saturated carbocycles. The number of benzene rings is 2. The van der Waals surface area contributed by atoms with Gasteiger partial charge in [-0.25, -0.2) is 0 Å². The standard InChI is InChI=1S/C20H26O2/c1-15-7-8-19(14-16(15)2)17-9-11-18(12-10-17)20(22)6-4-3-5-13-21/h7-12,14,20-22H,3-6,13H2,1-2H3. The Labute approximate surface area is 133 Å². The van der Waals surface area contributed by atoms with Gasteiger partial charge in [0.2, 0.25) is 0 Å². The highest BCUT2D eigenvalue weighted by molar-refractivity contribution is 5.65. The number of rotatable bonds is 7. The van der Waals surface area contributed by atoms with Crippen LogP contribution in [-0.2, 0) is 0 Å². The summed E-state index contributed by atoms with van der Waals surface area (Å²) in [5.74, 6) is 0. The van der Waals surface area contributed by atoms with E-state index in [1.165, 1.54) is 22.3 Å². The molecule has 2 heteroatoms. The third kappa shape index (κ3) is 4.43. The Kier molecular flexibility index (Phi) is 6.17. The fourth-order valence-corrected chi connectivity index (χ4v) is 2.61. The topological polar surface area (TPSA) is 40.5 Å². The smallest absolute Gasteiger partial charge is 0.0790 e. The van der Waals surface area contributed by atoms with Gasteiger partial charge in [0.25, 0.3) is 0 Å². The Morgan fingerprint density at radius 2 is 1.50 bits per heavy atom. The average Bonchev–Trinajstić information content (AvgIpc) is 2.54. The molecule has 2 rings (SSSR count). The van der Waals surface area contributed by atoms with Crippen LogP contribution in [0.25, 0.3) is 11.1 Å². The van der Waals surface area contributed by atoms with E-state index < -0.39 is 6.10 Å². The molecule has 0 saturated heterocycles. The second-order valence-corrected chi connectivity index (χ2v) is 6.01. The maximum Gasteiger partial charge on any atom is 0.0790 e. The summed E-state index contributed by atoms with van der Waals surface area (Å²) in [6.45, 7) is 4.49. The fraction of sp³-hybridized carbons (Fsp3) is 0.400. The molecule has 0 bridgehead atoms. The first-order valence-electron chi connectivity index (χ1n) is 8.08. The number of unbranched alkanes of at least 4 members (excludes halogenated alkanes) is 2. The number of aliphatic hydroxyl groups is 2. The van der Waals surface area contributed by atoms with Crippen molar-refractivity contribution in [1.29, 1.82) is 0 Å². The first-order valence-corrected chi connectivity index (χ1v) is 8.08. The van der Waals surface area contributed by atoms with Crippen LogP contribution >= 0.6 is 0 Å². The van der Waals surface area contributed by atoms with Crippen LogP contribution < -0.4 is 0 Å². The first kappa shape index (κ1) is 16.7. The molecule has 22 heavy (non-hydrogen) atoms. The first-order chi connectivity index (χ1) is 10.6. The normalized spacial score (nSPS) is 12.4. The van der Waals surface area contributed by atoms with Gasteiger partial charge in [-0.05, 0) is 54.5 Å². The van der Waals surface area contributed by atoms with Gasteiger partial charge in [-0.1, -0.05) is 55.3 Å². The third-order valence-corrected chi connectivity index (χ3v) is 4.27. The molecule has 0 heterocycles. The summed E-state index contributed by atoms with van der Waals surface area (Å²) >= 11 is 0. The maximum atomic E-state index is 10.2. The van der Waals surface area contributed by atoms with E-state index in [2.05, 4.69) is 44.2 Å². The highest BCUT2D eigenvalue weighted by atomic mass is 16.3. The van der Waals surface area contributed by atoms with Gasteiger partial charge in [0.05, 0.1) is 6.10 Å². The molecule has 0 aliphatic rings. The molecule has 118 valence electrons. The molecule has 0 radical (unpaired) electrons. The van der Waals surface area contributed by atoms with Gasteiger partial charge in [-0.2, -0.15) is 0 Å². The fourth-order valence-electron chi connectivity index (χ4n) is 2.61. The van der Waals surface area contributed by atoms with Crippen LogP contribution in [0.2, 0.25) is 0 Å². The summed E-state index contributed by atoms with van der Waals surface area (Å²) in [6, 6.07) is 14.7. The Hall–Kier alpha value is -1.64. The molecule has 1 atom stereocenters. The molecule has 0 fully saturated rings. The summed E-state index contributed by atoms with van der Waals surface area (Å²) in [7, 11) is 0. The molecular formula is C20H26O2. The van der Waals surface area contributed by atoms with E-state index >= 15 is 0 Å². The van der Waals surface area contributed by atoms with E-state index in [0.29, 0.717) is 0 Å². The summed E-state index contributed by atoms with van der Waals surface area (Å²) in [6.07, 6.45) is 3.07. The van der Waals surface area contributed by atoms with Crippen molar-refractivity contribution in [2.75, 3.05) is 6.61 Å². The highest BCUT2D eigenvalue weighted by Crippen LogP contribution is 2.25. The summed E-state index contributed by atoms with van der Waals surface area (Å²) in [5, 5.41) is 19.0. The molecule has 2 N–H and O–H groups in total. The molecule has 2 aromatic rings. The minimum Gasteiger partial charge on any atom is -0.396 e. The predicted molar refractivity (Wildman–Crippen MR) is 91.9 cm³/mol. The zero-order valence-corrected chi connectivity index (χ0v) is 13.5. The van der Waals surface area contributed by atoms with E-state index in [1.807, 2.05) is 12.1 Å². The van der Waals surface area contributed by atoms with Gasteiger partial charge in [0.1, 0.15) is 0 Å². The lowest BCUT2D eigenvalue weighted by atomic mass is 9.97. The van der Waals surface area contributed by atoms with Crippen molar-refractivity contribution in [3.63, 3.8) is 0 Å². The van der Waals surface area contributed by atoms with Crippen LogP contribution in [0.15, 0.2) is 42.5 Å². The average molecular weight is 298 g/mol.